The van der Waals surface area contributed by atoms with Crippen LogP contribution in [0.3, 0.4) is 0 Å². The minimum Gasteiger partial charge on any atom is -0.423 e. The first-order valence-electron chi connectivity index (χ1n) is 10.2. The molecule has 1 heterocycles. The number of nitrogens with zero attached hydrogens (tertiary/aromatic N) is 4. The number of ether oxygens (including phenoxy) is 1. The average Bonchev–Trinajstić information content (AvgIpc) is 3.11. The molecule has 0 spiro atoms. The normalized spacial score (nSPS) is 12.2. The highest BCUT2D eigenvalue weighted by atomic mass is 35.5. The van der Waals surface area contributed by atoms with Crippen molar-refractivity contribution in [2.24, 2.45) is 5.10 Å². The van der Waals surface area contributed by atoms with Crippen molar-refractivity contribution in [1.82, 2.24) is 15.2 Å². The van der Waals surface area contributed by atoms with Crippen molar-refractivity contribution in [2.75, 3.05) is 0 Å². The van der Waals surface area contributed by atoms with Crippen LogP contribution in [-0.4, -0.2) is 32.3 Å². The van der Waals surface area contributed by atoms with Crippen LogP contribution in [0.2, 0.25) is 5.02 Å². The smallest absolute Gasteiger partial charge is 0.343 e. The SMILES string of the molecule is C/C(=N\NC(=O)C(C)n1nc(C)c([N+](=O)[O-])c1C)c1ccc(OC(=O)c2ccc(Cl)cc2)cc1. The molecule has 11 heteroatoms. The van der Waals surface area contributed by atoms with Gasteiger partial charge in [-0.2, -0.15) is 10.2 Å². The maximum Gasteiger partial charge on any atom is 0.343 e. The number of hydrogen-bond donors (Lipinski definition) is 1. The van der Waals surface area contributed by atoms with Gasteiger partial charge < -0.3 is 4.74 Å². The lowest BCUT2D eigenvalue weighted by Crippen LogP contribution is -2.29. The zero-order valence-electron chi connectivity index (χ0n) is 18.9. The summed E-state index contributed by atoms with van der Waals surface area (Å²) in [4.78, 5) is 35.4. The molecule has 34 heavy (non-hydrogen) atoms. The first-order valence-corrected chi connectivity index (χ1v) is 10.6. The number of nitrogens with one attached hydrogen (secondary N) is 1. The van der Waals surface area contributed by atoms with Gasteiger partial charge in [0.25, 0.3) is 5.91 Å². The van der Waals surface area contributed by atoms with Gasteiger partial charge in [0.1, 0.15) is 23.2 Å². The van der Waals surface area contributed by atoms with Gasteiger partial charge in [-0.3, -0.25) is 19.6 Å². The molecule has 0 aliphatic heterocycles. The van der Waals surface area contributed by atoms with E-state index in [-0.39, 0.29) is 17.1 Å². The summed E-state index contributed by atoms with van der Waals surface area (Å²) < 4.78 is 6.65. The largest absolute Gasteiger partial charge is 0.423 e. The van der Waals surface area contributed by atoms with Crippen molar-refractivity contribution in [3.05, 3.63) is 86.2 Å². The van der Waals surface area contributed by atoms with Crippen LogP contribution in [0.4, 0.5) is 5.69 Å². The Bertz CT molecular complexity index is 1270. The number of benzene rings is 2. The first kappa shape index (κ1) is 24.6. The third-order valence-electron chi connectivity index (χ3n) is 5.11. The van der Waals surface area contributed by atoms with Crippen molar-refractivity contribution in [3.63, 3.8) is 0 Å². The lowest BCUT2D eigenvalue weighted by molar-refractivity contribution is -0.386. The molecular weight excluding hydrogens is 462 g/mol. The summed E-state index contributed by atoms with van der Waals surface area (Å²) in [5.41, 5.74) is 4.44. The Balaban J connectivity index is 1.64. The van der Waals surface area contributed by atoms with E-state index in [4.69, 9.17) is 16.3 Å². The summed E-state index contributed by atoms with van der Waals surface area (Å²) in [6.45, 7) is 6.34. The molecule has 0 saturated carbocycles. The number of rotatable bonds is 7. The fourth-order valence-electron chi connectivity index (χ4n) is 3.22. The summed E-state index contributed by atoms with van der Waals surface area (Å²) in [6.07, 6.45) is 0. The van der Waals surface area contributed by atoms with Gasteiger partial charge >= 0.3 is 11.7 Å². The van der Waals surface area contributed by atoms with E-state index in [1.807, 2.05) is 0 Å². The predicted molar refractivity (Wildman–Crippen MR) is 126 cm³/mol. The average molecular weight is 484 g/mol. The maximum atomic E-state index is 12.5. The molecule has 2 aromatic carbocycles. The van der Waals surface area contributed by atoms with Crippen molar-refractivity contribution < 1.29 is 19.2 Å². The number of nitro groups is 1. The highest BCUT2D eigenvalue weighted by Gasteiger charge is 2.27. The van der Waals surface area contributed by atoms with Crippen LogP contribution in [-0.2, 0) is 4.79 Å². The lowest BCUT2D eigenvalue weighted by Gasteiger charge is -2.12. The summed E-state index contributed by atoms with van der Waals surface area (Å²) in [5, 5.41) is 19.9. The second kappa shape index (κ2) is 10.3. The number of aryl methyl sites for hydroxylation is 1. The Kier molecular flexibility index (Phi) is 7.42. The highest BCUT2D eigenvalue weighted by Crippen LogP contribution is 2.24. The lowest BCUT2D eigenvalue weighted by atomic mass is 10.1. The second-order valence-corrected chi connectivity index (χ2v) is 7.93. The molecule has 3 aromatic rings. The van der Waals surface area contributed by atoms with Gasteiger partial charge in [-0.15, -0.1) is 0 Å². The number of carbonyl (C=O) groups excluding carboxylic acids is 2. The molecule has 3 rings (SSSR count). The van der Waals surface area contributed by atoms with Gasteiger partial charge in [0.15, 0.2) is 0 Å². The van der Waals surface area contributed by atoms with Gasteiger partial charge in [0, 0.05) is 5.02 Å². The molecule has 0 saturated heterocycles. The highest BCUT2D eigenvalue weighted by molar-refractivity contribution is 6.30. The van der Waals surface area contributed by atoms with Gasteiger partial charge in [0.2, 0.25) is 0 Å². The number of aromatic nitrogens is 2. The topological polar surface area (TPSA) is 129 Å². The molecule has 10 nitrogen and oxygen atoms in total. The minimum absolute atomic E-state index is 0.115. The van der Waals surface area contributed by atoms with Gasteiger partial charge in [-0.05, 0) is 81.8 Å². The molecule has 1 N–H and O–H groups in total. The van der Waals surface area contributed by atoms with Crippen LogP contribution < -0.4 is 10.2 Å². The molecule has 1 unspecified atom stereocenters. The minimum atomic E-state index is -0.807. The van der Waals surface area contributed by atoms with E-state index in [0.717, 1.165) is 0 Å². The molecule has 0 aliphatic rings. The summed E-state index contributed by atoms with van der Waals surface area (Å²) in [5.74, 6) is -0.644. The van der Waals surface area contributed by atoms with Gasteiger partial charge in [-0.25, -0.2) is 10.2 Å². The zero-order valence-corrected chi connectivity index (χ0v) is 19.7. The Hall–Kier alpha value is -4.05. The van der Waals surface area contributed by atoms with Crippen LogP contribution >= 0.6 is 11.6 Å². The maximum absolute atomic E-state index is 12.5. The predicted octanol–water partition coefficient (Wildman–Crippen LogP) is 4.38. The number of amides is 1. The molecular formula is C23H22ClN5O5. The Morgan fingerprint density at radius 3 is 2.26 bits per heavy atom. The van der Waals surface area contributed by atoms with E-state index in [1.54, 1.807) is 62.4 Å². The quantitative estimate of drug-likeness (QED) is 0.174. The van der Waals surface area contributed by atoms with Crippen molar-refractivity contribution in [2.45, 2.75) is 33.7 Å². The molecule has 0 radical (unpaired) electrons. The van der Waals surface area contributed by atoms with Gasteiger partial charge in [0.05, 0.1) is 16.2 Å². The van der Waals surface area contributed by atoms with Crippen LogP contribution in [0, 0.1) is 24.0 Å². The van der Waals surface area contributed by atoms with Crippen LogP contribution in [0.25, 0.3) is 0 Å². The van der Waals surface area contributed by atoms with Crippen molar-refractivity contribution in [1.29, 1.82) is 0 Å². The summed E-state index contributed by atoms with van der Waals surface area (Å²) >= 11 is 5.82. The van der Waals surface area contributed by atoms with E-state index < -0.39 is 22.8 Å². The third kappa shape index (κ3) is 5.46. The molecule has 0 bridgehead atoms. The van der Waals surface area contributed by atoms with Gasteiger partial charge in [-0.1, -0.05) is 11.6 Å². The Labute approximate surface area is 200 Å². The molecule has 0 aliphatic carbocycles. The van der Waals surface area contributed by atoms with E-state index in [9.17, 15) is 19.7 Å². The monoisotopic (exact) mass is 483 g/mol. The molecule has 1 aromatic heterocycles. The van der Waals surface area contributed by atoms with Crippen LogP contribution in [0.5, 0.6) is 5.75 Å². The Morgan fingerprint density at radius 1 is 1.12 bits per heavy atom. The number of esters is 1. The summed E-state index contributed by atoms with van der Waals surface area (Å²) in [6, 6.07) is 12.2. The second-order valence-electron chi connectivity index (χ2n) is 7.49. The fourth-order valence-corrected chi connectivity index (χ4v) is 3.35. The Morgan fingerprint density at radius 2 is 1.71 bits per heavy atom. The van der Waals surface area contributed by atoms with Crippen LogP contribution in [0.15, 0.2) is 53.6 Å². The number of hydrazone groups is 1. The summed E-state index contributed by atoms with van der Waals surface area (Å²) in [7, 11) is 0. The molecule has 1 atom stereocenters. The number of hydrogen-bond acceptors (Lipinski definition) is 7. The standard InChI is InChI=1S/C23H22ClN5O5/c1-13(25-26-22(30)16(4)28-15(3)21(29(32)33)14(2)27-28)17-7-11-20(12-8-17)34-23(31)18-5-9-19(24)10-6-18/h5-12,16H,1-4H3,(H,26,30)/b25-13+. The molecule has 0 fully saturated rings. The third-order valence-corrected chi connectivity index (χ3v) is 5.36. The van der Waals surface area contributed by atoms with Crippen molar-refractivity contribution >= 4 is 34.9 Å². The molecule has 176 valence electrons. The zero-order chi connectivity index (χ0) is 25.0. The van der Waals surface area contributed by atoms with E-state index in [2.05, 4.69) is 15.6 Å². The molecule has 1 amide bonds. The van der Waals surface area contributed by atoms with E-state index >= 15 is 0 Å². The first-order chi connectivity index (χ1) is 16.1. The van der Waals surface area contributed by atoms with Crippen LogP contribution in [0.1, 0.15) is 47.2 Å². The van der Waals surface area contributed by atoms with E-state index in [0.29, 0.717) is 27.6 Å². The van der Waals surface area contributed by atoms with E-state index in [1.165, 1.54) is 18.5 Å². The number of halogens is 1. The fraction of sp³-hybridized carbons (Fsp3) is 0.217. The van der Waals surface area contributed by atoms with Crippen molar-refractivity contribution in [3.8, 4) is 5.75 Å². The number of carbonyl (C=O) groups is 2.